The van der Waals surface area contributed by atoms with E-state index < -0.39 is 157 Å². The lowest BCUT2D eigenvalue weighted by molar-refractivity contribution is -0.142. The highest BCUT2D eigenvalue weighted by Crippen LogP contribution is 2.14. The number of rotatable bonds is 47. The van der Waals surface area contributed by atoms with Gasteiger partial charge in [0.25, 0.3) is 0 Å². The summed E-state index contributed by atoms with van der Waals surface area (Å²) < 4.78 is 0. The molecule has 0 aliphatic heterocycles. The molecule has 0 aromatic heterocycles. The Balaban J connectivity index is 5.85. The number of carboxylic acids is 1. The highest BCUT2D eigenvalue weighted by atomic mass is 16.4. The Morgan fingerprint density at radius 3 is 1.30 bits per heavy atom. The van der Waals surface area contributed by atoms with E-state index in [4.69, 9.17) is 28.7 Å². The van der Waals surface area contributed by atoms with Crippen molar-refractivity contribution in [1.82, 2.24) is 53.2 Å². The Morgan fingerprint density at radius 1 is 0.442 bits per heavy atom. The van der Waals surface area contributed by atoms with E-state index in [9.17, 15) is 78.0 Å². The van der Waals surface area contributed by atoms with Crippen LogP contribution < -0.4 is 81.8 Å². The van der Waals surface area contributed by atoms with Crippen molar-refractivity contribution in [1.29, 1.82) is 0 Å². The number of primary amides is 1. The minimum atomic E-state index is -2.02. The average Bonchev–Trinajstić information content (AvgIpc) is 2.61. The number of carboxylic acid groups (broad SMARTS) is 1. The Hall–Kier alpha value is -7.94. The van der Waals surface area contributed by atoms with Crippen molar-refractivity contribution in [2.24, 2.45) is 38.7 Å². The van der Waals surface area contributed by atoms with Crippen LogP contribution in [0.5, 0.6) is 0 Å². The molecular weight excluding hydrogens is 1130 g/mol. The minimum absolute atomic E-state index is 0.00233. The van der Waals surface area contributed by atoms with Crippen LogP contribution in [0, 0.1) is 0 Å². The first-order chi connectivity index (χ1) is 40.6. The fourth-order valence-electron chi connectivity index (χ4n) is 8.33. The standard InChI is InChI=1S/C53H97N17O16/c1-6-7-8-9-10-11-12-13-14-15-16-17-18-23-39(75)69-42(31(3)72)50(85)67-35(26-38(54)74)47(82)63-30(2)44(79)62-28-40(76)64-34(22-20-25-61-53(57)58)46(81)68-37(29-71)49(84)66-36(27-41(77)78)48(83)70-43(32(4)73)51(86)65-33(45(80)59-5)21-19-24-60-52(55)56/h30-37,42-43,71-73H,6-29H2,1-5H3,(H2,54,74)(H,59,80)(H,62,79)(H,63,82)(H,64,76)(H,65,86)(H,66,84)(H,67,85)(H,68,81)(H,69,75)(H,70,83)(H,77,78)(H4,55,56,60)(H4,57,58,61)/t30-,31+,32+,33-,34-,35-,36-,37-,42?,43-/m0/s1. The quantitative estimate of drug-likeness (QED) is 0.0153. The third-order valence-electron chi connectivity index (χ3n) is 13.1. The van der Waals surface area contributed by atoms with Crippen molar-refractivity contribution in [2.75, 3.05) is 33.3 Å². The van der Waals surface area contributed by atoms with Gasteiger partial charge in [-0.2, -0.15) is 0 Å². The fraction of sp³-hybridized carbons (Fsp3) is 0.736. The summed E-state index contributed by atoms with van der Waals surface area (Å²) in [4.78, 5) is 164. The van der Waals surface area contributed by atoms with Gasteiger partial charge in [-0.05, 0) is 52.9 Å². The van der Waals surface area contributed by atoms with Gasteiger partial charge in [-0.3, -0.25) is 67.5 Å². The number of aliphatic imine (C=N–C) groups is 2. The van der Waals surface area contributed by atoms with Crippen molar-refractivity contribution in [3.8, 4) is 0 Å². The smallest absolute Gasteiger partial charge is 0.305 e. The zero-order valence-corrected chi connectivity index (χ0v) is 50.2. The van der Waals surface area contributed by atoms with Gasteiger partial charge in [-0.1, -0.05) is 84.0 Å². The van der Waals surface area contributed by atoms with Crippen molar-refractivity contribution >= 4 is 82.9 Å². The van der Waals surface area contributed by atoms with Gasteiger partial charge < -0.3 is 102 Å². The number of nitrogens with zero attached hydrogens (tertiary/aromatic N) is 2. The number of guanidine groups is 2. The summed E-state index contributed by atoms with van der Waals surface area (Å²) in [5.41, 5.74) is 26.8. The molecule has 1 unspecified atom stereocenters. The Bertz CT molecular complexity index is 2250. The maximum atomic E-state index is 13.7. The van der Waals surface area contributed by atoms with Crippen molar-refractivity contribution in [3.05, 3.63) is 0 Å². The molecule has 33 nitrogen and oxygen atoms in total. The number of hydrogen-bond donors (Lipinski definition) is 19. The molecule has 86 heavy (non-hydrogen) atoms. The van der Waals surface area contributed by atoms with Crippen LogP contribution in [0.4, 0.5) is 0 Å². The second kappa shape index (κ2) is 44.5. The number of aliphatic hydroxyl groups excluding tert-OH is 3. The molecule has 0 heterocycles. The topological polar surface area (TPSA) is 561 Å². The molecule has 0 spiro atoms. The van der Waals surface area contributed by atoms with Gasteiger partial charge in [0.1, 0.15) is 48.3 Å². The molecule has 0 fully saturated rings. The van der Waals surface area contributed by atoms with Crippen LogP contribution in [0.3, 0.4) is 0 Å². The Morgan fingerprint density at radius 2 is 0.849 bits per heavy atom. The number of carbonyl (C=O) groups is 12. The van der Waals surface area contributed by atoms with Crippen LogP contribution >= 0.6 is 0 Å². The van der Waals surface area contributed by atoms with Crippen LogP contribution in [0.2, 0.25) is 0 Å². The summed E-state index contributed by atoms with van der Waals surface area (Å²) >= 11 is 0. The molecule has 10 atom stereocenters. The second-order valence-electron chi connectivity index (χ2n) is 20.8. The number of aliphatic carboxylic acids is 1. The second-order valence-corrected chi connectivity index (χ2v) is 20.8. The summed E-state index contributed by atoms with van der Waals surface area (Å²) in [7, 11) is 1.29. The third-order valence-corrected chi connectivity index (χ3v) is 13.1. The highest BCUT2D eigenvalue weighted by Gasteiger charge is 2.36. The highest BCUT2D eigenvalue weighted by molar-refractivity contribution is 5.99. The van der Waals surface area contributed by atoms with Gasteiger partial charge in [0.15, 0.2) is 11.9 Å². The van der Waals surface area contributed by atoms with Crippen molar-refractivity contribution in [2.45, 2.75) is 217 Å². The molecule has 0 bridgehead atoms. The van der Waals surface area contributed by atoms with E-state index in [1.807, 2.05) is 0 Å². The predicted molar refractivity (Wildman–Crippen MR) is 315 cm³/mol. The normalized spacial score (nSPS) is 14.4. The Labute approximate surface area is 501 Å². The van der Waals surface area contributed by atoms with Crippen LogP contribution in [0.15, 0.2) is 9.98 Å². The third kappa shape index (κ3) is 35.4. The van der Waals surface area contributed by atoms with Gasteiger partial charge >= 0.3 is 5.97 Å². The van der Waals surface area contributed by atoms with Gasteiger partial charge in [-0.25, -0.2) is 0 Å². The lowest BCUT2D eigenvalue weighted by Crippen LogP contribution is -2.61. The number of carbonyl (C=O) groups excluding carboxylic acids is 11. The van der Waals surface area contributed by atoms with Crippen LogP contribution in [0.1, 0.15) is 156 Å². The van der Waals surface area contributed by atoms with Gasteiger partial charge in [0, 0.05) is 26.6 Å². The molecule has 0 radical (unpaired) electrons. The minimum Gasteiger partial charge on any atom is -0.481 e. The van der Waals surface area contributed by atoms with E-state index in [0.717, 1.165) is 39.0 Å². The largest absolute Gasteiger partial charge is 0.481 e. The molecule has 490 valence electrons. The van der Waals surface area contributed by atoms with Crippen LogP contribution in [0.25, 0.3) is 0 Å². The molecule has 33 heteroatoms. The van der Waals surface area contributed by atoms with E-state index in [1.165, 1.54) is 65.8 Å². The lowest BCUT2D eigenvalue weighted by atomic mass is 10.0. The zero-order valence-electron chi connectivity index (χ0n) is 50.2. The first kappa shape index (κ1) is 78.1. The summed E-state index contributed by atoms with van der Waals surface area (Å²) in [5, 5.41) is 63.4. The van der Waals surface area contributed by atoms with E-state index in [2.05, 4.69) is 70.1 Å². The first-order valence-corrected chi connectivity index (χ1v) is 29.1. The van der Waals surface area contributed by atoms with Gasteiger partial charge in [0.05, 0.1) is 38.2 Å². The fourth-order valence-corrected chi connectivity index (χ4v) is 8.33. The van der Waals surface area contributed by atoms with E-state index in [0.29, 0.717) is 6.42 Å². The number of amides is 11. The monoisotopic (exact) mass is 1230 g/mol. The first-order valence-electron chi connectivity index (χ1n) is 29.1. The summed E-state index contributed by atoms with van der Waals surface area (Å²) in [6.07, 6.45) is 9.35. The molecule has 0 rings (SSSR count). The van der Waals surface area contributed by atoms with Gasteiger partial charge in [0.2, 0.25) is 65.0 Å². The number of unbranched alkanes of at least 4 members (excludes halogenated alkanes) is 12. The zero-order chi connectivity index (χ0) is 65.3. The molecule has 0 aromatic rings. The SMILES string of the molecule is CCCCCCCCCCCCCCCC(=O)NC(C(=O)N[C@@H](CC(N)=O)C(=O)N[C@@H](C)C(=O)NCC(=O)N[C@@H](CCCN=C(N)N)C(=O)N[C@@H](CO)C(=O)N[C@@H](CC(=O)O)C(=O)N[C@H](C(=O)N[C@@H](CCCN=C(N)N)C(=O)NC)[C@@H](C)O)[C@@H](C)O. The van der Waals surface area contributed by atoms with Gasteiger partial charge in [-0.15, -0.1) is 0 Å². The maximum absolute atomic E-state index is 13.7. The molecule has 0 aliphatic carbocycles. The number of hydrogen-bond acceptors (Lipinski definition) is 17. The van der Waals surface area contributed by atoms with Crippen molar-refractivity contribution in [3.63, 3.8) is 0 Å². The molecule has 11 amide bonds. The summed E-state index contributed by atoms with van der Waals surface area (Å²) in [6, 6.07) is -13.2. The number of aliphatic hydroxyl groups is 3. The van der Waals surface area contributed by atoms with E-state index in [-0.39, 0.29) is 57.1 Å². The Kier molecular flexibility index (Phi) is 40.4. The number of nitrogens with two attached hydrogens (primary N) is 5. The number of likely N-dealkylation sites (N-methyl/N-ethyl adjacent to an activating group) is 1. The summed E-state index contributed by atoms with van der Waals surface area (Å²) in [5.74, 6) is -13.4. The number of nitrogens with one attached hydrogen (secondary N) is 10. The predicted octanol–water partition coefficient (Wildman–Crippen LogP) is -5.56. The molecule has 0 saturated carbocycles. The van der Waals surface area contributed by atoms with E-state index >= 15 is 0 Å². The van der Waals surface area contributed by atoms with Crippen LogP contribution in [-0.2, 0) is 57.5 Å². The average molecular weight is 1230 g/mol. The van der Waals surface area contributed by atoms with E-state index in [1.54, 1.807) is 0 Å². The molecule has 24 N–H and O–H groups in total. The maximum Gasteiger partial charge on any atom is 0.305 e. The molecule has 0 aromatic carbocycles. The molecule has 0 aliphatic rings. The molecular formula is C53H97N17O16. The van der Waals surface area contributed by atoms with Crippen molar-refractivity contribution < 1.29 is 78.0 Å². The van der Waals surface area contributed by atoms with Crippen LogP contribution in [-0.4, -0.2) is 197 Å². The lowest BCUT2D eigenvalue weighted by Gasteiger charge is -2.27. The summed E-state index contributed by atoms with van der Waals surface area (Å²) in [6.45, 7) is 3.70. The molecule has 0 saturated heterocycles.